The molecule has 10 heteroatoms. The molecule has 0 aromatic heterocycles. The molecule has 0 atom stereocenters. The Labute approximate surface area is 178 Å². The minimum atomic E-state index is -3.91. The van der Waals surface area contributed by atoms with Crippen molar-refractivity contribution in [3.05, 3.63) is 52.0 Å². The van der Waals surface area contributed by atoms with Gasteiger partial charge in [0.15, 0.2) is 0 Å². The number of benzene rings is 2. The normalized spacial score (nSPS) is 14.8. The Balaban J connectivity index is 1.92. The van der Waals surface area contributed by atoms with E-state index in [0.29, 0.717) is 41.8 Å². The van der Waals surface area contributed by atoms with Crippen LogP contribution in [0.25, 0.3) is 0 Å². The monoisotopic (exact) mass is 460 g/mol. The average molecular weight is 461 g/mol. The van der Waals surface area contributed by atoms with E-state index >= 15 is 0 Å². The van der Waals surface area contributed by atoms with Crippen LogP contribution in [0.2, 0.25) is 10.0 Å². The first kappa shape index (κ1) is 21.3. The zero-order valence-electron chi connectivity index (χ0n) is 14.9. The number of hydrogen-bond donors (Lipinski definition) is 1. The highest BCUT2D eigenvalue weighted by molar-refractivity contribution is 7.98. The van der Waals surface area contributed by atoms with Crippen LogP contribution in [-0.2, 0) is 14.8 Å². The molecule has 0 aliphatic carbocycles. The van der Waals surface area contributed by atoms with Crippen molar-refractivity contribution < 1.29 is 17.9 Å². The third-order valence-corrected chi connectivity index (χ3v) is 7.10. The minimum absolute atomic E-state index is 0.00650. The lowest BCUT2D eigenvalue weighted by molar-refractivity contribution is 0.0300. The highest BCUT2D eigenvalue weighted by atomic mass is 35.5. The molecule has 0 radical (unpaired) electrons. The largest absolute Gasteiger partial charge is 0.378 e. The summed E-state index contributed by atoms with van der Waals surface area (Å²) in [5.41, 5.74) is 0.635. The number of nitrogens with zero attached hydrogens (tertiary/aromatic N) is 1. The second-order valence-corrected chi connectivity index (χ2v) is 9.35. The first-order valence-corrected chi connectivity index (χ1v) is 11.8. The maximum absolute atomic E-state index is 12.9. The van der Waals surface area contributed by atoms with Crippen molar-refractivity contribution >= 4 is 56.6 Å². The Morgan fingerprint density at radius 3 is 2.46 bits per heavy atom. The average Bonchev–Trinajstić information content (AvgIpc) is 2.70. The van der Waals surface area contributed by atoms with Crippen molar-refractivity contribution in [1.82, 2.24) is 4.90 Å². The molecule has 1 N–H and O–H groups in total. The molecule has 0 bridgehead atoms. The number of halogens is 2. The molecule has 0 unspecified atom stereocenters. The number of carbonyl (C=O) groups excluding carboxylic acids is 1. The molecule has 1 amide bonds. The molecule has 1 saturated heterocycles. The number of thioether (sulfide) groups is 1. The predicted octanol–water partition coefficient (Wildman–Crippen LogP) is 3.99. The fourth-order valence-corrected chi connectivity index (χ4v) is 4.68. The Hall–Kier alpha value is -1.45. The summed E-state index contributed by atoms with van der Waals surface area (Å²) in [7, 11) is -3.91. The standard InChI is InChI=1S/C18H18Cl2N2O4S2/c1-27-17-5-3-13(11-14(17)18(23)22-6-8-26-9-7-22)28(24,25)21-12-2-4-15(19)16(20)10-12/h2-5,10-11,21H,6-9H2,1H3. The Bertz CT molecular complexity index is 993. The van der Waals surface area contributed by atoms with Gasteiger partial charge < -0.3 is 9.64 Å². The van der Waals surface area contributed by atoms with Crippen molar-refractivity contribution in [2.24, 2.45) is 0 Å². The van der Waals surface area contributed by atoms with Gasteiger partial charge in [0.25, 0.3) is 15.9 Å². The first-order chi connectivity index (χ1) is 13.3. The molecule has 3 rings (SSSR count). The molecular weight excluding hydrogens is 443 g/mol. The summed E-state index contributed by atoms with van der Waals surface area (Å²) in [5, 5.41) is 0.565. The van der Waals surface area contributed by atoms with Gasteiger partial charge >= 0.3 is 0 Å². The molecule has 2 aromatic rings. The van der Waals surface area contributed by atoms with Crippen LogP contribution in [0.3, 0.4) is 0 Å². The summed E-state index contributed by atoms with van der Waals surface area (Å²) < 4.78 is 33.4. The van der Waals surface area contributed by atoms with Gasteiger partial charge in [-0.15, -0.1) is 11.8 Å². The van der Waals surface area contributed by atoms with Crippen LogP contribution in [0.15, 0.2) is 46.2 Å². The van der Waals surface area contributed by atoms with E-state index in [1.54, 1.807) is 11.0 Å². The van der Waals surface area contributed by atoms with E-state index in [0.717, 1.165) is 0 Å². The molecule has 2 aromatic carbocycles. The highest BCUT2D eigenvalue weighted by Gasteiger charge is 2.24. The van der Waals surface area contributed by atoms with Crippen LogP contribution in [0, 0.1) is 0 Å². The number of hydrogen-bond acceptors (Lipinski definition) is 5. The molecule has 1 heterocycles. The fraction of sp³-hybridized carbons (Fsp3) is 0.278. The quantitative estimate of drug-likeness (QED) is 0.682. The van der Waals surface area contributed by atoms with Gasteiger partial charge in [-0.05, 0) is 42.7 Å². The second-order valence-electron chi connectivity index (χ2n) is 6.00. The van der Waals surface area contributed by atoms with Crippen LogP contribution < -0.4 is 4.72 Å². The third kappa shape index (κ3) is 4.75. The Morgan fingerprint density at radius 2 is 1.82 bits per heavy atom. The number of rotatable bonds is 5. The highest BCUT2D eigenvalue weighted by Crippen LogP contribution is 2.29. The van der Waals surface area contributed by atoms with Crippen molar-refractivity contribution in [2.75, 3.05) is 37.3 Å². The van der Waals surface area contributed by atoms with Gasteiger partial charge in [-0.25, -0.2) is 8.42 Å². The molecule has 1 aliphatic rings. The van der Waals surface area contributed by atoms with Crippen LogP contribution >= 0.6 is 35.0 Å². The summed E-state index contributed by atoms with van der Waals surface area (Å²) >= 11 is 13.2. The summed E-state index contributed by atoms with van der Waals surface area (Å²) in [5.74, 6) is -0.209. The third-order valence-electron chi connectivity index (χ3n) is 4.18. The molecule has 1 fully saturated rings. The van der Waals surface area contributed by atoms with E-state index in [-0.39, 0.29) is 21.5 Å². The van der Waals surface area contributed by atoms with Crippen LogP contribution in [0.5, 0.6) is 0 Å². The van der Waals surface area contributed by atoms with E-state index < -0.39 is 10.0 Å². The van der Waals surface area contributed by atoms with E-state index in [1.807, 2.05) is 6.26 Å². The Morgan fingerprint density at radius 1 is 1.11 bits per heavy atom. The number of anilines is 1. The maximum Gasteiger partial charge on any atom is 0.261 e. The van der Waals surface area contributed by atoms with Gasteiger partial charge in [-0.1, -0.05) is 23.2 Å². The van der Waals surface area contributed by atoms with E-state index in [2.05, 4.69) is 4.72 Å². The smallest absolute Gasteiger partial charge is 0.261 e. The van der Waals surface area contributed by atoms with Gasteiger partial charge in [0.2, 0.25) is 0 Å². The number of sulfonamides is 1. The Kier molecular flexibility index (Phi) is 6.77. The predicted molar refractivity (Wildman–Crippen MR) is 112 cm³/mol. The van der Waals surface area contributed by atoms with E-state index in [4.69, 9.17) is 27.9 Å². The van der Waals surface area contributed by atoms with Crippen molar-refractivity contribution in [3.63, 3.8) is 0 Å². The van der Waals surface area contributed by atoms with Crippen molar-refractivity contribution in [2.45, 2.75) is 9.79 Å². The van der Waals surface area contributed by atoms with Gasteiger partial charge in [-0.2, -0.15) is 0 Å². The number of morpholine rings is 1. The summed E-state index contributed by atoms with van der Waals surface area (Å²) in [6.07, 6.45) is 1.84. The number of nitrogens with one attached hydrogen (secondary N) is 1. The molecule has 150 valence electrons. The van der Waals surface area contributed by atoms with Crippen LogP contribution in [0.4, 0.5) is 5.69 Å². The van der Waals surface area contributed by atoms with Gasteiger partial charge in [0, 0.05) is 18.0 Å². The lowest BCUT2D eigenvalue weighted by atomic mass is 10.2. The molecular formula is C18H18Cl2N2O4S2. The minimum Gasteiger partial charge on any atom is -0.378 e. The summed E-state index contributed by atoms with van der Waals surface area (Å²) in [4.78, 5) is 15.3. The van der Waals surface area contributed by atoms with Gasteiger partial charge in [0.1, 0.15) is 0 Å². The topological polar surface area (TPSA) is 75.7 Å². The SMILES string of the molecule is CSc1ccc(S(=O)(=O)Nc2ccc(Cl)c(Cl)c2)cc1C(=O)N1CCOCC1. The lowest BCUT2D eigenvalue weighted by Gasteiger charge is -2.27. The molecule has 0 spiro atoms. The zero-order valence-corrected chi connectivity index (χ0v) is 18.1. The fourth-order valence-electron chi connectivity index (χ4n) is 2.73. The van der Waals surface area contributed by atoms with Crippen molar-refractivity contribution in [3.8, 4) is 0 Å². The number of ether oxygens (including phenoxy) is 1. The molecule has 6 nitrogen and oxygen atoms in total. The number of carbonyl (C=O) groups is 1. The zero-order chi connectivity index (χ0) is 20.3. The van der Waals surface area contributed by atoms with Gasteiger partial charge in [0.05, 0.1) is 39.4 Å². The molecule has 0 saturated carbocycles. The first-order valence-electron chi connectivity index (χ1n) is 8.35. The second kappa shape index (κ2) is 8.92. The number of amides is 1. The summed E-state index contributed by atoms with van der Waals surface area (Å²) in [6, 6.07) is 8.97. The van der Waals surface area contributed by atoms with Crippen LogP contribution in [-0.4, -0.2) is 51.8 Å². The lowest BCUT2D eigenvalue weighted by Crippen LogP contribution is -2.40. The van der Waals surface area contributed by atoms with Crippen molar-refractivity contribution in [1.29, 1.82) is 0 Å². The molecule has 1 aliphatic heterocycles. The van der Waals surface area contributed by atoms with E-state index in [9.17, 15) is 13.2 Å². The van der Waals surface area contributed by atoms with E-state index in [1.165, 1.54) is 42.1 Å². The van der Waals surface area contributed by atoms with Gasteiger partial charge in [-0.3, -0.25) is 9.52 Å². The summed E-state index contributed by atoms with van der Waals surface area (Å²) in [6.45, 7) is 1.89. The maximum atomic E-state index is 12.9. The van der Waals surface area contributed by atoms with Crippen LogP contribution in [0.1, 0.15) is 10.4 Å². The molecule has 28 heavy (non-hydrogen) atoms.